The molecule has 3 rings (SSSR count). The molecule has 0 saturated carbocycles. The maximum Gasteiger partial charge on any atom is 0.236 e. The maximum atomic E-state index is 13.3. The molecule has 5 nitrogen and oxygen atoms in total. The van der Waals surface area contributed by atoms with E-state index in [1.165, 1.54) is 12.1 Å². The molecule has 1 aliphatic heterocycles. The molecule has 6 heteroatoms. The van der Waals surface area contributed by atoms with Gasteiger partial charge in [-0.25, -0.2) is 4.39 Å². The van der Waals surface area contributed by atoms with Gasteiger partial charge in [0, 0.05) is 36.7 Å². The van der Waals surface area contributed by atoms with Crippen LogP contribution in [0.3, 0.4) is 0 Å². The molecular formula is C18H24FN3O2. The van der Waals surface area contributed by atoms with E-state index in [1.54, 1.807) is 18.0 Å². The zero-order valence-electron chi connectivity index (χ0n) is 14.4. The second-order valence-electron chi connectivity index (χ2n) is 6.73. The van der Waals surface area contributed by atoms with E-state index in [0.29, 0.717) is 13.1 Å². The number of benzene rings is 1. The minimum absolute atomic E-state index is 0.0705. The molecular weight excluding hydrogens is 309 g/mol. The van der Waals surface area contributed by atoms with Gasteiger partial charge < -0.3 is 14.6 Å². The largest absolute Gasteiger partial charge is 0.373 e. The minimum atomic E-state index is -0.256. The lowest BCUT2D eigenvalue weighted by molar-refractivity contribution is -0.135. The molecule has 1 saturated heterocycles. The number of H-pyrrole nitrogens is 1. The van der Waals surface area contributed by atoms with Crippen molar-refractivity contribution in [2.24, 2.45) is 0 Å². The second kappa shape index (κ2) is 6.91. The minimum Gasteiger partial charge on any atom is -0.373 e. The third-order valence-corrected chi connectivity index (χ3v) is 4.33. The van der Waals surface area contributed by atoms with Crippen LogP contribution in [-0.4, -0.2) is 59.6 Å². The Bertz CT molecular complexity index is 720. The Kier molecular flexibility index (Phi) is 4.87. The van der Waals surface area contributed by atoms with Crippen molar-refractivity contribution in [3.63, 3.8) is 0 Å². The Labute approximate surface area is 141 Å². The van der Waals surface area contributed by atoms with Gasteiger partial charge >= 0.3 is 0 Å². The van der Waals surface area contributed by atoms with E-state index < -0.39 is 0 Å². The van der Waals surface area contributed by atoms with E-state index in [9.17, 15) is 9.18 Å². The van der Waals surface area contributed by atoms with Crippen LogP contribution < -0.4 is 0 Å². The van der Waals surface area contributed by atoms with E-state index in [4.69, 9.17) is 4.74 Å². The molecule has 0 bridgehead atoms. The standard InChI is InChI=1S/C18H24FN3O2/c1-12-8-22(9-13(2)24-12)11-18(23)21(3)10-16-7-14-6-15(19)4-5-17(14)20-16/h4-7,12-13,20H,8-11H2,1-3H3/t12-,13+. The highest BCUT2D eigenvalue weighted by Crippen LogP contribution is 2.18. The van der Waals surface area contributed by atoms with Gasteiger partial charge in [-0.05, 0) is 38.1 Å². The summed E-state index contributed by atoms with van der Waals surface area (Å²) in [4.78, 5) is 19.5. The lowest BCUT2D eigenvalue weighted by atomic mass is 10.2. The Morgan fingerprint density at radius 3 is 2.75 bits per heavy atom. The number of aromatic nitrogens is 1. The molecule has 2 aromatic rings. The Balaban J connectivity index is 1.60. The number of carbonyl (C=O) groups excluding carboxylic acids is 1. The molecule has 0 unspecified atom stereocenters. The van der Waals surface area contributed by atoms with Gasteiger partial charge in [-0.2, -0.15) is 0 Å². The molecule has 1 aromatic heterocycles. The highest BCUT2D eigenvalue weighted by atomic mass is 19.1. The summed E-state index contributed by atoms with van der Waals surface area (Å²) >= 11 is 0. The van der Waals surface area contributed by atoms with Gasteiger partial charge in [0.1, 0.15) is 5.82 Å². The van der Waals surface area contributed by atoms with Crippen molar-refractivity contribution in [1.29, 1.82) is 0 Å². The molecule has 0 spiro atoms. The average molecular weight is 333 g/mol. The number of amides is 1. The number of carbonyl (C=O) groups is 1. The number of halogens is 1. The normalized spacial score (nSPS) is 22.0. The summed E-state index contributed by atoms with van der Waals surface area (Å²) in [5.41, 5.74) is 1.78. The van der Waals surface area contributed by atoms with Crippen molar-refractivity contribution in [1.82, 2.24) is 14.8 Å². The number of likely N-dealkylation sites (N-methyl/N-ethyl adjacent to an activating group) is 1. The number of nitrogens with one attached hydrogen (secondary N) is 1. The molecule has 1 N–H and O–H groups in total. The third-order valence-electron chi connectivity index (χ3n) is 4.33. The fourth-order valence-electron chi connectivity index (χ4n) is 3.32. The molecule has 0 aliphatic carbocycles. The number of hydrogen-bond acceptors (Lipinski definition) is 3. The molecule has 1 aromatic carbocycles. The van der Waals surface area contributed by atoms with E-state index in [2.05, 4.69) is 9.88 Å². The topological polar surface area (TPSA) is 48.6 Å². The summed E-state index contributed by atoms with van der Waals surface area (Å²) in [7, 11) is 1.79. The number of hydrogen-bond donors (Lipinski definition) is 1. The summed E-state index contributed by atoms with van der Waals surface area (Å²) in [6, 6.07) is 6.53. The summed E-state index contributed by atoms with van der Waals surface area (Å²) in [5.74, 6) is -0.186. The zero-order chi connectivity index (χ0) is 17.3. The number of fused-ring (bicyclic) bond motifs is 1. The molecule has 1 fully saturated rings. The zero-order valence-corrected chi connectivity index (χ0v) is 14.4. The predicted molar refractivity (Wildman–Crippen MR) is 91.2 cm³/mol. The van der Waals surface area contributed by atoms with Crippen molar-refractivity contribution < 1.29 is 13.9 Å². The van der Waals surface area contributed by atoms with Crippen molar-refractivity contribution in [2.45, 2.75) is 32.6 Å². The molecule has 0 radical (unpaired) electrons. The van der Waals surface area contributed by atoms with E-state index >= 15 is 0 Å². The predicted octanol–water partition coefficient (Wildman–Crippen LogP) is 2.37. The van der Waals surface area contributed by atoms with Crippen LogP contribution in [0.25, 0.3) is 10.9 Å². The van der Waals surface area contributed by atoms with Crippen LogP contribution in [0.5, 0.6) is 0 Å². The van der Waals surface area contributed by atoms with Gasteiger partial charge in [0.2, 0.25) is 5.91 Å². The molecule has 1 aliphatic rings. The fraction of sp³-hybridized carbons (Fsp3) is 0.500. The number of nitrogens with zero attached hydrogens (tertiary/aromatic N) is 2. The third kappa shape index (κ3) is 3.94. The number of rotatable bonds is 4. The van der Waals surface area contributed by atoms with Crippen LogP contribution >= 0.6 is 0 Å². The van der Waals surface area contributed by atoms with Crippen LogP contribution in [0.2, 0.25) is 0 Å². The average Bonchev–Trinajstić information content (AvgIpc) is 2.87. The lowest BCUT2D eigenvalue weighted by Gasteiger charge is -2.35. The molecule has 2 heterocycles. The van der Waals surface area contributed by atoms with Crippen LogP contribution in [-0.2, 0) is 16.1 Å². The van der Waals surface area contributed by atoms with E-state index in [-0.39, 0.29) is 23.9 Å². The molecule has 24 heavy (non-hydrogen) atoms. The van der Waals surface area contributed by atoms with Gasteiger partial charge in [0.05, 0.1) is 25.3 Å². The Morgan fingerprint density at radius 1 is 1.33 bits per heavy atom. The van der Waals surface area contributed by atoms with Gasteiger partial charge in [-0.3, -0.25) is 9.69 Å². The molecule has 1 amide bonds. The van der Waals surface area contributed by atoms with E-state index in [1.807, 2.05) is 19.9 Å². The van der Waals surface area contributed by atoms with Crippen molar-refractivity contribution >= 4 is 16.8 Å². The second-order valence-corrected chi connectivity index (χ2v) is 6.73. The van der Waals surface area contributed by atoms with Gasteiger partial charge in [0.25, 0.3) is 0 Å². The van der Waals surface area contributed by atoms with Gasteiger partial charge in [-0.1, -0.05) is 0 Å². The fourth-order valence-corrected chi connectivity index (χ4v) is 3.32. The Morgan fingerprint density at radius 2 is 2.04 bits per heavy atom. The van der Waals surface area contributed by atoms with Crippen molar-refractivity contribution in [3.8, 4) is 0 Å². The number of ether oxygens (including phenoxy) is 1. The van der Waals surface area contributed by atoms with Crippen LogP contribution in [0.4, 0.5) is 4.39 Å². The first-order valence-electron chi connectivity index (χ1n) is 8.29. The SMILES string of the molecule is C[C@@H]1CN(CC(=O)N(C)Cc2cc3cc(F)ccc3[nH]2)C[C@H](C)O1. The first-order valence-corrected chi connectivity index (χ1v) is 8.29. The molecule has 130 valence electrons. The number of aromatic amines is 1. The van der Waals surface area contributed by atoms with Gasteiger partial charge in [0.15, 0.2) is 0 Å². The van der Waals surface area contributed by atoms with Crippen LogP contribution in [0.1, 0.15) is 19.5 Å². The highest BCUT2D eigenvalue weighted by Gasteiger charge is 2.24. The van der Waals surface area contributed by atoms with Crippen molar-refractivity contribution in [2.75, 3.05) is 26.7 Å². The van der Waals surface area contributed by atoms with Gasteiger partial charge in [-0.15, -0.1) is 0 Å². The smallest absolute Gasteiger partial charge is 0.236 e. The molecule has 2 atom stereocenters. The first kappa shape index (κ1) is 16.9. The van der Waals surface area contributed by atoms with E-state index in [0.717, 1.165) is 29.7 Å². The van der Waals surface area contributed by atoms with Crippen molar-refractivity contribution in [3.05, 3.63) is 35.8 Å². The summed E-state index contributed by atoms with van der Waals surface area (Å²) in [6.45, 7) is 6.47. The highest BCUT2D eigenvalue weighted by molar-refractivity contribution is 5.81. The van der Waals surface area contributed by atoms with Crippen LogP contribution in [0.15, 0.2) is 24.3 Å². The monoisotopic (exact) mass is 333 g/mol. The summed E-state index contributed by atoms with van der Waals surface area (Å²) in [5, 5.41) is 0.821. The summed E-state index contributed by atoms with van der Waals surface area (Å²) in [6.07, 6.45) is 0.297. The maximum absolute atomic E-state index is 13.3. The lowest BCUT2D eigenvalue weighted by Crippen LogP contribution is -2.49. The quantitative estimate of drug-likeness (QED) is 0.934. The Hall–Kier alpha value is -1.92. The van der Waals surface area contributed by atoms with Crippen LogP contribution in [0, 0.1) is 5.82 Å². The first-order chi connectivity index (χ1) is 11.4. The number of morpholine rings is 1. The summed E-state index contributed by atoms with van der Waals surface area (Å²) < 4.78 is 19.0.